The van der Waals surface area contributed by atoms with E-state index >= 15 is 0 Å². The van der Waals surface area contributed by atoms with Crippen LogP contribution in [-0.2, 0) is 4.74 Å². The molecular formula is C10H18OS2. The van der Waals surface area contributed by atoms with Crippen LogP contribution in [0.2, 0.25) is 0 Å². The summed E-state index contributed by atoms with van der Waals surface area (Å²) in [5.41, 5.74) is 0. The molecule has 0 N–H and O–H groups in total. The molecule has 1 aliphatic heterocycles. The van der Waals surface area contributed by atoms with Crippen molar-refractivity contribution in [3.63, 3.8) is 0 Å². The molecule has 0 bridgehead atoms. The number of epoxide rings is 1. The Morgan fingerprint density at radius 3 is 2.92 bits per heavy atom. The predicted octanol–water partition coefficient (Wildman–Crippen LogP) is 2.61. The minimum Gasteiger partial charge on any atom is -0.370 e. The molecule has 76 valence electrons. The van der Waals surface area contributed by atoms with Gasteiger partial charge in [-0.2, -0.15) is 24.4 Å². The van der Waals surface area contributed by atoms with Gasteiger partial charge in [-0.05, 0) is 43.1 Å². The van der Waals surface area contributed by atoms with Gasteiger partial charge in [0.15, 0.2) is 0 Å². The second kappa shape index (κ2) is 4.94. The molecular weight excluding hydrogens is 200 g/mol. The Bertz CT molecular complexity index is 163. The minimum atomic E-state index is 0.661. The second-order valence-electron chi connectivity index (χ2n) is 4.02. The van der Waals surface area contributed by atoms with Gasteiger partial charge in [0, 0.05) is 5.75 Å². The Labute approximate surface area is 90.4 Å². The lowest BCUT2D eigenvalue weighted by Crippen LogP contribution is -2.14. The Morgan fingerprint density at radius 2 is 2.15 bits per heavy atom. The van der Waals surface area contributed by atoms with Crippen molar-refractivity contribution >= 4 is 24.4 Å². The Morgan fingerprint density at radius 1 is 1.23 bits per heavy atom. The molecule has 2 aliphatic rings. The summed E-state index contributed by atoms with van der Waals surface area (Å²) >= 11 is 6.25. The van der Waals surface area contributed by atoms with E-state index in [4.69, 9.17) is 4.74 Å². The summed E-state index contributed by atoms with van der Waals surface area (Å²) in [5, 5.41) is 0. The van der Waals surface area contributed by atoms with Crippen molar-refractivity contribution in [3.05, 3.63) is 0 Å². The quantitative estimate of drug-likeness (QED) is 0.433. The fourth-order valence-corrected chi connectivity index (χ4v) is 3.39. The SMILES string of the molecule is SCCSCCC1CCC2OC2C1. The average Bonchev–Trinajstić information content (AvgIpc) is 2.90. The third-order valence-corrected chi connectivity index (χ3v) is 4.56. The van der Waals surface area contributed by atoms with E-state index in [0.29, 0.717) is 12.2 Å². The molecule has 0 aromatic heterocycles. The fraction of sp³-hybridized carbons (Fsp3) is 1.00. The number of hydrogen-bond acceptors (Lipinski definition) is 3. The Kier molecular flexibility index (Phi) is 3.87. The number of thioether (sulfide) groups is 1. The molecule has 0 spiro atoms. The van der Waals surface area contributed by atoms with Crippen molar-refractivity contribution in [1.82, 2.24) is 0 Å². The molecule has 1 saturated carbocycles. The molecule has 1 nitrogen and oxygen atoms in total. The summed E-state index contributed by atoms with van der Waals surface area (Å²) in [6.45, 7) is 0. The van der Waals surface area contributed by atoms with Gasteiger partial charge in [0.25, 0.3) is 0 Å². The summed E-state index contributed by atoms with van der Waals surface area (Å²) < 4.78 is 5.52. The summed E-state index contributed by atoms with van der Waals surface area (Å²) in [7, 11) is 0. The zero-order chi connectivity index (χ0) is 9.10. The Hall–Kier alpha value is 0.660. The number of hydrogen-bond donors (Lipinski definition) is 1. The van der Waals surface area contributed by atoms with Crippen LogP contribution >= 0.6 is 24.4 Å². The maximum atomic E-state index is 5.52. The standard InChI is InChI=1S/C10H18OS2/c12-4-6-13-5-3-8-1-2-9-10(7-8)11-9/h8-10,12H,1-7H2. The van der Waals surface area contributed by atoms with Crippen molar-refractivity contribution in [1.29, 1.82) is 0 Å². The van der Waals surface area contributed by atoms with Crippen molar-refractivity contribution in [2.75, 3.05) is 17.3 Å². The minimum absolute atomic E-state index is 0.661. The summed E-state index contributed by atoms with van der Waals surface area (Å²) in [6, 6.07) is 0. The van der Waals surface area contributed by atoms with Crippen molar-refractivity contribution < 1.29 is 4.74 Å². The van der Waals surface area contributed by atoms with Gasteiger partial charge in [-0.25, -0.2) is 0 Å². The van der Waals surface area contributed by atoms with Crippen LogP contribution in [0.1, 0.15) is 25.7 Å². The van der Waals surface area contributed by atoms with Crippen molar-refractivity contribution in [2.45, 2.75) is 37.9 Å². The van der Waals surface area contributed by atoms with Crippen LogP contribution in [0, 0.1) is 5.92 Å². The van der Waals surface area contributed by atoms with E-state index < -0.39 is 0 Å². The molecule has 1 saturated heterocycles. The largest absolute Gasteiger partial charge is 0.370 e. The molecule has 3 atom stereocenters. The third-order valence-electron chi connectivity index (χ3n) is 3.02. The first-order valence-corrected chi connectivity index (χ1v) is 7.03. The van der Waals surface area contributed by atoms with Gasteiger partial charge in [0.05, 0.1) is 12.2 Å². The predicted molar refractivity (Wildman–Crippen MR) is 61.8 cm³/mol. The molecule has 1 aliphatic carbocycles. The molecule has 3 unspecified atom stereocenters. The highest BCUT2D eigenvalue weighted by Crippen LogP contribution is 2.40. The van der Waals surface area contributed by atoms with E-state index in [1.54, 1.807) is 0 Å². The first kappa shape index (κ1) is 10.2. The highest BCUT2D eigenvalue weighted by atomic mass is 32.2. The van der Waals surface area contributed by atoms with E-state index in [0.717, 1.165) is 11.7 Å². The second-order valence-corrected chi connectivity index (χ2v) is 5.69. The maximum absolute atomic E-state index is 5.52. The number of fused-ring (bicyclic) bond motifs is 1. The van der Waals surface area contributed by atoms with Gasteiger partial charge in [0.1, 0.15) is 0 Å². The molecule has 2 fully saturated rings. The molecule has 13 heavy (non-hydrogen) atoms. The van der Waals surface area contributed by atoms with E-state index in [1.807, 2.05) is 11.8 Å². The number of thiol groups is 1. The van der Waals surface area contributed by atoms with Gasteiger partial charge in [-0.1, -0.05) is 0 Å². The number of rotatable bonds is 5. The molecule has 1 heterocycles. The van der Waals surface area contributed by atoms with E-state index in [-0.39, 0.29) is 0 Å². The first-order valence-electron chi connectivity index (χ1n) is 5.24. The highest BCUT2D eigenvalue weighted by molar-refractivity contribution is 7.99. The molecule has 0 aromatic carbocycles. The van der Waals surface area contributed by atoms with Crippen molar-refractivity contribution in [3.8, 4) is 0 Å². The zero-order valence-electron chi connectivity index (χ0n) is 7.95. The lowest BCUT2D eigenvalue weighted by atomic mass is 9.88. The van der Waals surface area contributed by atoms with E-state index in [1.165, 1.54) is 37.2 Å². The third kappa shape index (κ3) is 3.07. The molecule has 0 amide bonds. The number of ether oxygens (including phenoxy) is 1. The zero-order valence-corrected chi connectivity index (χ0v) is 9.66. The van der Waals surface area contributed by atoms with Gasteiger partial charge in [0.2, 0.25) is 0 Å². The van der Waals surface area contributed by atoms with Crippen LogP contribution < -0.4 is 0 Å². The maximum Gasteiger partial charge on any atom is 0.0844 e. The summed E-state index contributed by atoms with van der Waals surface area (Å²) in [5.74, 6) is 4.50. The van der Waals surface area contributed by atoms with Crippen LogP contribution in [-0.4, -0.2) is 29.5 Å². The molecule has 2 rings (SSSR count). The lowest BCUT2D eigenvalue weighted by molar-refractivity contribution is 0.358. The van der Waals surface area contributed by atoms with Gasteiger partial charge in [-0.15, -0.1) is 0 Å². The van der Waals surface area contributed by atoms with Crippen LogP contribution in [0.25, 0.3) is 0 Å². The van der Waals surface area contributed by atoms with Crippen LogP contribution in [0.3, 0.4) is 0 Å². The lowest BCUT2D eigenvalue weighted by Gasteiger charge is -2.18. The molecule has 0 aromatic rings. The van der Waals surface area contributed by atoms with Gasteiger partial charge in [-0.3, -0.25) is 0 Å². The first-order chi connectivity index (χ1) is 6.40. The Balaban J connectivity index is 1.54. The van der Waals surface area contributed by atoms with Crippen LogP contribution in [0.5, 0.6) is 0 Å². The topological polar surface area (TPSA) is 12.5 Å². The van der Waals surface area contributed by atoms with Gasteiger partial charge < -0.3 is 4.74 Å². The summed E-state index contributed by atoms with van der Waals surface area (Å²) in [4.78, 5) is 0. The normalized spacial score (nSPS) is 37.2. The van der Waals surface area contributed by atoms with E-state index in [9.17, 15) is 0 Å². The van der Waals surface area contributed by atoms with Crippen molar-refractivity contribution in [2.24, 2.45) is 5.92 Å². The van der Waals surface area contributed by atoms with Crippen LogP contribution in [0.15, 0.2) is 0 Å². The van der Waals surface area contributed by atoms with Gasteiger partial charge >= 0.3 is 0 Å². The smallest absolute Gasteiger partial charge is 0.0844 e. The van der Waals surface area contributed by atoms with E-state index in [2.05, 4.69) is 12.6 Å². The summed E-state index contributed by atoms with van der Waals surface area (Å²) in [6.07, 6.45) is 6.79. The monoisotopic (exact) mass is 218 g/mol. The average molecular weight is 218 g/mol. The van der Waals surface area contributed by atoms with Crippen LogP contribution in [0.4, 0.5) is 0 Å². The molecule has 3 heteroatoms. The fourth-order valence-electron chi connectivity index (χ4n) is 2.17. The highest BCUT2D eigenvalue weighted by Gasteiger charge is 2.43. The molecule has 0 radical (unpaired) electrons.